The third-order valence-corrected chi connectivity index (χ3v) is 2.63. The minimum Gasteiger partial charge on any atom is -0.483 e. The van der Waals surface area contributed by atoms with E-state index in [0.717, 1.165) is 18.9 Å². The molecule has 1 amide bonds. The minimum atomic E-state index is -1.03. The Bertz CT molecular complexity index is 506. The van der Waals surface area contributed by atoms with Crippen molar-refractivity contribution in [1.82, 2.24) is 5.32 Å². The predicted molar refractivity (Wildman–Crippen MR) is 69.8 cm³/mol. The van der Waals surface area contributed by atoms with Gasteiger partial charge >= 0.3 is 5.97 Å². The average molecular weight is 261 g/mol. The molecule has 1 aromatic carbocycles. The molecule has 0 atom stereocenters. The van der Waals surface area contributed by atoms with Gasteiger partial charge < -0.3 is 15.2 Å². The number of rotatable bonds is 6. The fourth-order valence-electron chi connectivity index (χ4n) is 1.55. The Kier molecular flexibility index (Phi) is 4.18. The molecule has 19 heavy (non-hydrogen) atoms. The topological polar surface area (TPSA) is 75.6 Å². The van der Waals surface area contributed by atoms with Gasteiger partial charge in [-0.2, -0.15) is 0 Å². The highest BCUT2D eigenvalue weighted by atomic mass is 16.5. The van der Waals surface area contributed by atoms with Crippen molar-refractivity contribution in [3.8, 4) is 5.75 Å². The van der Waals surface area contributed by atoms with E-state index >= 15 is 0 Å². The zero-order valence-electron chi connectivity index (χ0n) is 10.3. The van der Waals surface area contributed by atoms with Gasteiger partial charge in [-0.25, -0.2) is 4.79 Å². The van der Waals surface area contributed by atoms with Crippen molar-refractivity contribution < 1.29 is 19.4 Å². The number of carboxylic acids is 1. The van der Waals surface area contributed by atoms with Gasteiger partial charge in [0.15, 0.2) is 6.61 Å². The summed E-state index contributed by atoms with van der Waals surface area (Å²) in [5, 5.41) is 11.4. The Balaban J connectivity index is 1.94. The normalized spacial score (nSPS) is 14.3. The van der Waals surface area contributed by atoms with E-state index in [1.54, 1.807) is 24.3 Å². The van der Waals surface area contributed by atoms with Crippen LogP contribution in [0.2, 0.25) is 0 Å². The highest BCUT2D eigenvalue weighted by Crippen LogP contribution is 2.20. The molecule has 100 valence electrons. The zero-order chi connectivity index (χ0) is 13.7. The van der Waals surface area contributed by atoms with Crippen LogP contribution in [0.4, 0.5) is 0 Å². The number of nitrogens with one attached hydrogen (secondary N) is 1. The number of aliphatic carboxylic acids is 1. The Morgan fingerprint density at radius 1 is 1.37 bits per heavy atom. The van der Waals surface area contributed by atoms with E-state index in [2.05, 4.69) is 5.32 Å². The molecule has 5 heteroatoms. The number of hydrogen-bond acceptors (Lipinski definition) is 3. The molecule has 1 aliphatic rings. The lowest BCUT2D eigenvalue weighted by atomic mass is 10.2. The summed E-state index contributed by atoms with van der Waals surface area (Å²) in [6.07, 6.45) is 4.54. The van der Waals surface area contributed by atoms with Gasteiger partial charge in [-0.1, -0.05) is 18.2 Å². The van der Waals surface area contributed by atoms with Crippen LogP contribution in [0.5, 0.6) is 5.75 Å². The molecule has 1 saturated carbocycles. The summed E-state index contributed by atoms with van der Waals surface area (Å²) in [5.41, 5.74) is 0.629. The maximum Gasteiger partial charge on any atom is 0.328 e. The monoisotopic (exact) mass is 261 g/mol. The number of ether oxygens (including phenoxy) is 1. The summed E-state index contributed by atoms with van der Waals surface area (Å²) in [4.78, 5) is 22.0. The van der Waals surface area contributed by atoms with Gasteiger partial charge in [0.1, 0.15) is 5.75 Å². The Morgan fingerprint density at radius 2 is 2.11 bits per heavy atom. The lowest BCUT2D eigenvalue weighted by molar-refractivity contribution is -0.131. The quantitative estimate of drug-likeness (QED) is 0.760. The van der Waals surface area contributed by atoms with Crippen LogP contribution < -0.4 is 10.1 Å². The molecule has 0 radical (unpaired) electrons. The second-order valence-corrected chi connectivity index (χ2v) is 4.34. The molecule has 2 rings (SSSR count). The number of carbonyl (C=O) groups excluding carboxylic acids is 1. The molecule has 0 spiro atoms. The highest BCUT2D eigenvalue weighted by molar-refractivity contribution is 5.86. The molecule has 0 saturated heterocycles. The number of carbonyl (C=O) groups is 2. The molecule has 1 aliphatic carbocycles. The molecule has 0 bridgehead atoms. The van der Waals surface area contributed by atoms with Gasteiger partial charge in [0.2, 0.25) is 0 Å². The van der Waals surface area contributed by atoms with E-state index in [-0.39, 0.29) is 12.5 Å². The standard InChI is InChI=1S/C14H15NO4/c16-13(15-11-6-7-11)9-19-12-4-2-1-3-10(12)5-8-14(17)18/h1-5,8,11H,6-7,9H2,(H,15,16)(H,17,18)/b8-5+. The molecule has 1 fully saturated rings. The van der Waals surface area contributed by atoms with Crippen molar-refractivity contribution in [3.05, 3.63) is 35.9 Å². The predicted octanol–water partition coefficient (Wildman–Crippen LogP) is 1.44. The first-order chi connectivity index (χ1) is 9.15. The van der Waals surface area contributed by atoms with Gasteiger partial charge in [-0.3, -0.25) is 4.79 Å². The van der Waals surface area contributed by atoms with Crippen molar-refractivity contribution in [2.45, 2.75) is 18.9 Å². The first-order valence-electron chi connectivity index (χ1n) is 6.07. The fourth-order valence-corrected chi connectivity index (χ4v) is 1.55. The van der Waals surface area contributed by atoms with Gasteiger partial charge in [-0.05, 0) is 25.0 Å². The number of carboxylic acid groups (broad SMARTS) is 1. The molecule has 0 aromatic heterocycles. The van der Waals surface area contributed by atoms with Crippen LogP contribution in [-0.4, -0.2) is 29.6 Å². The number of para-hydroxylation sites is 1. The lowest BCUT2D eigenvalue weighted by Gasteiger charge is -2.09. The maximum atomic E-state index is 11.5. The number of hydrogen-bond donors (Lipinski definition) is 2. The summed E-state index contributed by atoms with van der Waals surface area (Å²) in [6.45, 7) is -0.0611. The van der Waals surface area contributed by atoms with Gasteiger partial charge in [0.05, 0.1) is 0 Å². The summed E-state index contributed by atoms with van der Waals surface area (Å²) in [7, 11) is 0. The summed E-state index contributed by atoms with van der Waals surface area (Å²) >= 11 is 0. The molecule has 0 unspecified atom stereocenters. The van der Waals surface area contributed by atoms with E-state index in [4.69, 9.17) is 9.84 Å². The molecule has 0 aliphatic heterocycles. The minimum absolute atomic E-state index is 0.0611. The van der Waals surface area contributed by atoms with Gasteiger partial charge in [0, 0.05) is 17.7 Å². The third-order valence-electron chi connectivity index (χ3n) is 2.63. The second-order valence-electron chi connectivity index (χ2n) is 4.34. The average Bonchev–Trinajstić information content (AvgIpc) is 3.18. The molecule has 5 nitrogen and oxygen atoms in total. The van der Waals surface area contributed by atoms with Crippen LogP contribution in [0.25, 0.3) is 6.08 Å². The van der Waals surface area contributed by atoms with Crippen LogP contribution in [0.1, 0.15) is 18.4 Å². The van der Waals surface area contributed by atoms with Crippen molar-refractivity contribution in [1.29, 1.82) is 0 Å². The zero-order valence-corrected chi connectivity index (χ0v) is 10.3. The summed E-state index contributed by atoms with van der Waals surface area (Å²) < 4.78 is 5.40. The van der Waals surface area contributed by atoms with Crippen LogP contribution >= 0.6 is 0 Å². The largest absolute Gasteiger partial charge is 0.483 e. The van der Waals surface area contributed by atoms with Crippen LogP contribution in [0.15, 0.2) is 30.3 Å². The Hall–Kier alpha value is -2.30. The van der Waals surface area contributed by atoms with E-state index in [9.17, 15) is 9.59 Å². The van der Waals surface area contributed by atoms with Crippen molar-refractivity contribution >= 4 is 18.0 Å². The van der Waals surface area contributed by atoms with E-state index < -0.39 is 5.97 Å². The van der Waals surface area contributed by atoms with E-state index in [1.807, 2.05) is 0 Å². The first kappa shape index (κ1) is 13.1. The van der Waals surface area contributed by atoms with Crippen molar-refractivity contribution in [2.24, 2.45) is 0 Å². The van der Waals surface area contributed by atoms with Gasteiger partial charge in [0.25, 0.3) is 5.91 Å². The second kappa shape index (κ2) is 6.04. The van der Waals surface area contributed by atoms with Crippen molar-refractivity contribution in [3.63, 3.8) is 0 Å². The van der Waals surface area contributed by atoms with Crippen LogP contribution in [0.3, 0.4) is 0 Å². The van der Waals surface area contributed by atoms with E-state index in [1.165, 1.54) is 6.08 Å². The first-order valence-corrected chi connectivity index (χ1v) is 6.07. The van der Waals surface area contributed by atoms with Crippen molar-refractivity contribution in [2.75, 3.05) is 6.61 Å². The van der Waals surface area contributed by atoms with Crippen LogP contribution in [-0.2, 0) is 9.59 Å². The lowest BCUT2D eigenvalue weighted by Crippen LogP contribution is -2.30. The molecular weight excluding hydrogens is 246 g/mol. The summed E-state index contributed by atoms with van der Waals surface area (Å²) in [6, 6.07) is 7.28. The number of amides is 1. The molecule has 1 aromatic rings. The third kappa shape index (κ3) is 4.46. The number of benzene rings is 1. The van der Waals surface area contributed by atoms with E-state index in [0.29, 0.717) is 17.4 Å². The summed E-state index contributed by atoms with van der Waals surface area (Å²) in [5.74, 6) is -0.688. The van der Waals surface area contributed by atoms with Gasteiger partial charge in [-0.15, -0.1) is 0 Å². The molecule has 2 N–H and O–H groups in total. The SMILES string of the molecule is O=C(O)/C=C/c1ccccc1OCC(=O)NC1CC1. The fraction of sp³-hybridized carbons (Fsp3) is 0.286. The smallest absolute Gasteiger partial charge is 0.328 e. The Labute approximate surface area is 110 Å². The highest BCUT2D eigenvalue weighted by Gasteiger charge is 2.23. The Morgan fingerprint density at radius 3 is 2.79 bits per heavy atom. The molecule has 0 heterocycles. The van der Waals surface area contributed by atoms with Crippen LogP contribution in [0, 0.1) is 0 Å². The maximum absolute atomic E-state index is 11.5. The molecular formula is C14H15NO4.